The van der Waals surface area contributed by atoms with E-state index in [2.05, 4.69) is 10.1 Å². The Balaban J connectivity index is 1.58. The summed E-state index contributed by atoms with van der Waals surface area (Å²) in [5, 5.41) is 14.3. The molecule has 1 atom stereocenters. The zero-order valence-corrected chi connectivity index (χ0v) is 12.1. The molecule has 7 heteroatoms. The second-order valence-corrected chi connectivity index (χ2v) is 5.56. The maximum Gasteiger partial charge on any atom is 0.137 e. The molecule has 0 bridgehead atoms. The van der Waals surface area contributed by atoms with Crippen LogP contribution in [0, 0.1) is 11.6 Å². The number of aromatic nitrogens is 3. The first-order valence-electron chi connectivity index (χ1n) is 7.33. The highest BCUT2D eigenvalue weighted by Crippen LogP contribution is 2.25. The Hall–Kier alpha value is -1.86. The van der Waals surface area contributed by atoms with E-state index in [9.17, 15) is 13.9 Å². The molecular weight excluding hydrogens is 290 g/mol. The topological polar surface area (TPSA) is 54.2 Å². The third-order valence-corrected chi connectivity index (χ3v) is 4.13. The van der Waals surface area contributed by atoms with Crippen molar-refractivity contribution in [3.05, 3.63) is 48.1 Å². The van der Waals surface area contributed by atoms with E-state index in [0.29, 0.717) is 6.04 Å². The van der Waals surface area contributed by atoms with Crippen LogP contribution in [0.15, 0.2) is 30.9 Å². The first-order chi connectivity index (χ1) is 10.6. The summed E-state index contributed by atoms with van der Waals surface area (Å²) >= 11 is 0. The predicted molar refractivity (Wildman–Crippen MR) is 76.1 cm³/mol. The molecule has 1 saturated heterocycles. The summed E-state index contributed by atoms with van der Waals surface area (Å²) in [5.74, 6) is -1.41. The number of benzene rings is 1. The van der Waals surface area contributed by atoms with Crippen molar-refractivity contribution in [2.45, 2.75) is 25.0 Å². The van der Waals surface area contributed by atoms with Crippen LogP contribution in [0.1, 0.15) is 30.6 Å². The van der Waals surface area contributed by atoms with E-state index < -0.39 is 17.7 Å². The fourth-order valence-corrected chi connectivity index (χ4v) is 2.94. The molecule has 3 rings (SSSR count). The quantitative estimate of drug-likeness (QED) is 0.938. The average molecular weight is 308 g/mol. The summed E-state index contributed by atoms with van der Waals surface area (Å²) in [4.78, 5) is 5.96. The van der Waals surface area contributed by atoms with Gasteiger partial charge in [0, 0.05) is 19.6 Å². The lowest BCUT2D eigenvalue weighted by molar-refractivity contribution is 0.0843. The van der Waals surface area contributed by atoms with Crippen molar-refractivity contribution in [1.82, 2.24) is 19.7 Å². The van der Waals surface area contributed by atoms with Crippen LogP contribution < -0.4 is 0 Å². The highest BCUT2D eigenvalue weighted by molar-refractivity contribution is 5.22. The second-order valence-electron chi connectivity index (χ2n) is 5.56. The molecule has 2 heterocycles. The molecule has 1 unspecified atom stereocenters. The predicted octanol–water partition coefficient (Wildman–Crippen LogP) is 1.93. The number of piperidine rings is 1. The first kappa shape index (κ1) is 15.1. The maximum absolute atomic E-state index is 13.7. The summed E-state index contributed by atoms with van der Waals surface area (Å²) in [6.07, 6.45) is 3.79. The Kier molecular flexibility index (Phi) is 4.44. The van der Waals surface area contributed by atoms with Gasteiger partial charge in [0.25, 0.3) is 0 Å². The normalized spacial score (nSPS) is 18.5. The molecule has 22 heavy (non-hydrogen) atoms. The van der Waals surface area contributed by atoms with Crippen LogP contribution in [0.25, 0.3) is 0 Å². The molecule has 0 spiro atoms. The Morgan fingerprint density at radius 2 is 1.91 bits per heavy atom. The summed E-state index contributed by atoms with van der Waals surface area (Å²) < 4.78 is 29.2. The zero-order chi connectivity index (χ0) is 15.5. The lowest BCUT2D eigenvalue weighted by atomic mass is 10.0. The molecule has 5 nitrogen and oxygen atoms in total. The Bertz CT molecular complexity index is 592. The number of hydrogen-bond acceptors (Lipinski definition) is 4. The van der Waals surface area contributed by atoms with Crippen LogP contribution in [0.2, 0.25) is 0 Å². The number of nitrogens with zero attached hydrogens (tertiary/aromatic N) is 4. The van der Waals surface area contributed by atoms with Crippen LogP contribution in [0.4, 0.5) is 8.78 Å². The number of hydrogen-bond donors (Lipinski definition) is 1. The Labute approximate surface area is 127 Å². The third-order valence-electron chi connectivity index (χ3n) is 4.13. The van der Waals surface area contributed by atoms with Crippen molar-refractivity contribution < 1.29 is 13.9 Å². The molecule has 0 aliphatic carbocycles. The number of aliphatic hydroxyl groups is 1. The van der Waals surface area contributed by atoms with Gasteiger partial charge in [0.05, 0.1) is 17.7 Å². The van der Waals surface area contributed by atoms with E-state index in [1.165, 1.54) is 24.5 Å². The maximum atomic E-state index is 13.7. The Morgan fingerprint density at radius 3 is 2.50 bits per heavy atom. The minimum atomic E-state index is -1.16. The van der Waals surface area contributed by atoms with Crippen LogP contribution >= 0.6 is 0 Å². The standard InChI is InChI=1S/C15H18F2N4O/c16-12-2-1-3-13(17)15(12)14(22)8-20-6-4-11(5-7-20)21-10-18-9-19-21/h1-3,9-11,14,22H,4-8H2. The van der Waals surface area contributed by atoms with Gasteiger partial charge in [-0.15, -0.1) is 0 Å². The second kappa shape index (κ2) is 6.50. The van der Waals surface area contributed by atoms with Crippen LogP contribution in [0.5, 0.6) is 0 Å². The van der Waals surface area contributed by atoms with Crippen molar-refractivity contribution in [3.63, 3.8) is 0 Å². The van der Waals surface area contributed by atoms with Gasteiger partial charge in [0.15, 0.2) is 0 Å². The first-order valence-corrected chi connectivity index (χ1v) is 7.33. The molecule has 1 aromatic heterocycles. The van der Waals surface area contributed by atoms with Crippen molar-refractivity contribution in [1.29, 1.82) is 0 Å². The monoisotopic (exact) mass is 308 g/mol. The molecular formula is C15H18F2N4O. The number of likely N-dealkylation sites (tertiary alicyclic amines) is 1. The van der Waals surface area contributed by atoms with Gasteiger partial charge >= 0.3 is 0 Å². The van der Waals surface area contributed by atoms with E-state index in [0.717, 1.165) is 25.9 Å². The molecule has 118 valence electrons. The molecule has 1 aliphatic rings. The largest absolute Gasteiger partial charge is 0.387 e. The molecule has 1 aliphatic heterocycles. The molecule has 1 fully saturated rings. The summed E-state index contributed by atoms with van der Waals surface area (Å²) in [5.41, 5.74) is -0.249. The number of halogens is 2. The molecule has 0 amide bonds. The van der Waals surface area contributed by atoms with Gasteiger partial charge in [-0.25, -0.2) is 18.4 Å². The molecule has 2 aromatic rings. The van der Waals surface area contributed by atoms with Gasteiger partial charge in [-0.1, -0.05) is 6.07 Å². The highest BCUT2D eigenvalue weighted by Gasteiger charge is 2.25. The number of aliphatic hydroxyl groups excluding tert-OH is 1. The summed E-state index contributed by atoms with van der Waals surface area (Å²) in [7, 11) is 0. The van der Waals surface area contributed by atoms with Crippen molar-refractivity contribution in [2.24, 2.45) is 0 Å². The molecule has 1 N–H and O–H groups in total. The van der Waals surface area contributed by atoms with Gasteiger partial charge in [0.2, 0.25) is 0 Å². The number of rotatable bonds is 4. The SMILES string of the molecule is OC(CN1CCC(n2cncn2)CC1)c1c(F)cccc1F. The minimum absolute atomic E-state index is 0.224. The fourth-order valence-electron chi connectivity index (χ4n) is 2.94. The van der Waals surface area contributed by atoms with Crippen molar-refractivity contribution in [3.8, 4) is 0 Å². The van der Waals surface area contributed by atoms with Gasteiger partial charge in [0.1, 0.15) is 24.3 Å². The molecule has 0 saturated carbocycles. The lowest BCUT2D eigenvalue weighted by Gasteiger charge is -2.33. The Morgan fingerprint density at radius 1 is 1.23 bits per heavy atom. The fraction of sp³-hybridized carbons (Fsp3) is 0.467. The number of β-amino-alcohol motifs (C(OH)–C–C–N with tert-alkyl or cyclic N) is 1. The van der Waals surface area contributed by atoms with Gasteiger partial charge in [-0.3, -0.25) is 0 Å². The van der Waals surface area contributed by atoms with Gasteiger partial charge < -0.3 is 10.0 Å². The summed E-state index contributed by atoms with van der Waals surface area (Å²) in [6, 6.07) is 3.92. The summed E-state index contributed by atoms with van der Waals surface area (Å²) in [6.45, 7) is 1.72. The van der Waals surface area contributed by atoms with E-state index in [1.807, 2.05) is 9.58 Å². The van der Waals surface area contributed by atoms with Gasteiger partial charge in [-0.05, 0) is 25.0 Å². The van der Waals surface area contributed by atoms with Crippen molar-refractivity contribution >= 4 is 0 Å². The van der Waals surface area contributed by atoms with Crippen LogP contribution in [-0.4, -0.2) is 44.4 Å². The van der Waals surface area contributed by atoms with Gasteiger partial charge in [-0.2, -0.15) is 5.10 Å². The van der Waals surface area contributed by atoms with E-state index in [4.69, 9.17) is 0 Å². The van der Waals surface area contributed by atoms with Crippen LogP contribution in [0.3, 0.4) is 0 Å². The van der Waals surface area contributed by atoms with E-state index in [-0.39, 0.29) is 12.1 Å². The average Bonchev–Trinajstić information content (AvgIpc) is 3.02. The van der Waals surface area contributed by atoms with Crippen LogP contribution in [-0.2, 0) is 0 Å². The minimum Gasteiger partial charge on any atom is -0.387 e. The molecule has 0 radical (unpaired) electrons. The smallest absolute Gasteiger partial charge is 0.137 e. The lowest BCUT2D eigenvalue weighted by Crippen LogP contribution is -2.37. The van der Waals surface area contributed by atoms with E-state index >= 15 is 0 Å². The third kappa shape index (κ3) is 3.15. The molecule has 1 aromatic carbocycles. The van der Waals surface area contributed by atoms with E-state index in [1.54, 1.807) is 6.33 Å². The van der Waals surface area contributed by atoms with Crippen molar-refractivity contribution in [2.75, 3.05) is 19.6 Å². The zero-order valence-electron chi connectivity index (χ0n) is 12.1. The highest BCUT2D eigenvalue weighted by atomic mass is 19.1.